The van der Waals surface area contributed by atoms with Gasteiger partial charge in [0.15, 0.2) is 5.65 Å². The van der Waals surface area contributed by atoms with E-state index >= 15 is 0 Å². The lowest BCUT2D eigenvalue weighted by Crippen LogP contribution is -2.32. The number of benzene rings is 1. The molecule has 1 atom stereocenters. The van der Waals surface area contributed by atoms with Crippen LogP contribution in [0.15, 0.2) is 29.4 Å². The fourth-order valence-electron chi connectivity index (χ4n) is 2.78. The predicted molar refractivity (Wildman–Crippen MR) is 91.9 cm³/mol. The van der Waals surface area contributed by atoms with E-state index in [1.165, 1.54) is 11.8 Å². The standard InChI is InChI=1S/C16H17N5O2S/c22-13(17-8-10-4-3-7-23-10)9-24-16-19-15-14(20-21-16)11-5-1-2-6-12(11)18-15/h1-2,5-6,10H,3-4,7-9H2,(H,17,22)(H,18,19,21). The number of hydrogen-bond acceptors (Lipinski definition) is 6. The van der Waals surface area contributed by atoms with Crippen molar-refractivity contribution in [3.8, 4) is 0 Å². The number of aromatic nitrogens is 4. The Morgan fingerprint density at radius 2 is 2.29 bits per heavy atom. The van der Waals surface area contributed by atoms with Crippen LogP contribution in [0.5, 0.6) is 0 Å². The van der Waals surface area contributed by atoms with Crippen LogP contribution in [0.1, 0.15) is 12.8 Å². The molecule has 2 aromatic heterocycles. The number of nitrogens with one attached hydrogen (secondary N) is 2. The molecule has 7 nitrogen and oxygen atoms in total. The summed E-state index contributed by atoms with van der Waals surface area (Å²) in [5, 5.41) is 12.7. The Morgan fingerprint density at radius 3 is 3.17 bits per heavy atom. The molecule has 1 amide bonds. The van der Waals surface area contributed by atoms with E-state index in [4.69, 9.17) is 4.74 Å². The average molecular weight is 343 g/mol. The Morgan fingerprint density at radius 1 is 1.38 bits per heavy atom. The zero-order valence-corrected chi connectivity index (χ0v) is 13.8. The molecule has 1 aliphatic rings. The molecule has 0 radical (unpaired) electrons. The second-order valence-electron chi connectivity index (χ2n) is 5.69. The molecule has 0 bridgehead atoms. The van der Waals surface area contributed by atoms with Gasteiger partial charge in [0.05, 0.1) is 11.9 Å². The van der Waals surface area contributed by atoms with E-state index in [0.717, 1.165) is 35.9 Å². The van der Waals surface area contributed by atoms with E-state index in [9.17, 15) is 4.79 Å². The first kappa shape index (κ1) is 15.3. The fourth-order valence-corrected chi connectivity index (χ4v) is 3.40. The summed E-state index contributed by atoms with van der Waals surface area (Å²) in [7, 11) is 0. The fraction of sp³-hybridized carbons (Fsp3) is 0.375. The zero-order valence-electron chi connectivity index (χ0n) is 13.0. The monoisotopic (exact) mass is 343 g/mol. The summed E-state index contributed by atoms with van der Waals surface area (Å²) < 4.78 is 5.48. The molecule has 4 rings (SSSR count). The van der Waals surface area contributed by atoms with E-state index in [1.807, 2.05) is 24.3 Å². The van der Waals surface area contributed by atoms with Gasteiger partial charge in [-0.1, -0.05) is 30.0 Å². The van der Waals surface area contributed by atoms with Gasteiger partial charge in [0, 0.05) is 24.1 Å². The lowest BCUT2D eigenvalue weighted by atomic mass is 10.2. The van der Waals surface area contributed by atoms with Crippen LogP contribution in [0.25, 0.3) is 22.1 Å². The summed E-state index contributed by atoms with van der Waals surface area (Å²) in [4.78, 5) is 19.6. The quantitative estimate of drug-likeness (QED) is 0.687. The van der Waals surface area contributed by atoms with Crippen LogP contribution in [-0.2, 0) is 9.53 Å². The van der Waals surface area contributed by atoms with E-state index < -0.39 is 0 Å². The molecule has 1 unspecified atom stereocenters. The van der Waals surface area contributed by atoms with Crippen LogP contribution >= 0.6 is 11.8 Å². The molecular weight excluding hydrogens is 326 g/mol. The number of rotatable bonds is 5. The third-order valence-corrected chi connectivity index (χ3v) is 4.82. The first-order valence-electron chi connectivity index (χ1n) is 7.92. The van der Waals surface area contributed by atoms with Crippen LogP contribution < -0.4 is 5.32 Å². The molecular formula is C16H17N5O2S. The summed E-state index contributed by atoms with van der Waals surface area (Å²) in [5.41, 5.74) is 2.41. The largest absolute Gasteiger partial charge is 0.376 e. The SMILES string of the molecule is O=C(CSc1nnc2c(n1)[nH]c1ccccc12)NCC1CCCO1. The number of amides is 1. The summed E-state index contributed by atoms with van der Waals surface area (Å²) in [6.45, 7) is 1.36. The van der Waals surface area contributed by atoms with E-state index in [-0.39, 0.29) is 17.8 Å². The summed E-state index contributed by atoms with van der Waals surface area (Å²) >= 11 is 1.28. The molecule has 2 N–H and O–H groups in total. The number of aromatic amines is 1. The van der Waals surface area contributed by atoms with E-state index in [0.29, 0.717) is 17.3 Å². The molecule has 3 aromatic rings. The number of fused-ring (bicyclic) bond motifs is 3. The minimum absolute atomic E-state index is 0.0455. The van der Waals surface area contributed by atoms with Crippen LogP contribution in [0.4, 0.5) is 0 Å². The van der Waals surface area contributed by atoms with Gasteiger partial charge in [-0.05, 0) is 18.9 Å². The van der Waals surface area contributed by atoms with Crippen LogP contribution in [0.2, 0.25) is 0 Å². The van der Waals surface area contributed by atoms with Gasteiger partial charge in [0.25, 0.3) is 0 Å². The Kier molecular flexibility index (Phi) is 4.31. The number of ether oxygens (including phenoxy) is 1. The number of para-hydroxylation sites is 1. The molecule has 24 heavy (non-hydrogen) atoms. The number of hydrogen-bond donors (Lipinski definition) is 2. The van der Waals surface area contributed by atoms with Crippen molar-refractivity contribution in [2.75, 3.05) is 18.9 Å². The van der Waals surface area contributed by atoms with Crippen LogP contribution in [0.3, 0.4) is 0 Å². The molecule has 0 aliphatic carbocycles. The van der Waals surface area contributed by atoms with Crippen molar-refractivity contribution in [2.24, 2.45) is 0 Å². The zero-order chi connectivity index (χ0) is 16.4. The Labute approximate surface area is 142 Å². The van der Waals surface area contributed by atoms with Crippen molar-refractivity contribution in [1.29, 1.82) is 0 Å². The molecule has 1 aliphatic heterocycles. The Bertz CT molecular complexity index is 875. The third-order valence-electron chi connectivity index (χ3n) is 3.99. The highest BCUT2D eigenvalue weighted by atomic mass is 32.2. The maximum Gasteiger partial charge on any atom is 0.230 e. The topological polar surface area (TPSA) is 92.8 Å². The summed E-state index contributed by atoms with van der Waals surface area (Å²) in [6, 6.07) is 7.87. The molecule has 3 heterocycles. The molecule has 8 heteroatoms. The number of carbonyl (C=O) groups is 1. The number of H-pyrrole nitrogens is 1. The summed E-state index contributed by atoms with van der Waals surface area (Å²) in [5.74, 6) is 0.219. The minimum atomic E-state index is -0.0455. The highest BCUT2D eigenvalue weighted by Crippen LogP contribution is 2.23. The van der Waals surface area contributed by atoms with Crippen molar-refractivity contribution in [3.05, 3.63) is 24.3 Å². The van der Waals surface area contributed by atoms with Crippen molar-refractivity contribution < 1.29 is 9.53 Å². The Hall–Kier alpha value is -2.19. The first-order valence-corrected chi connectivity index (χ1v) is 8.90. The minimum Gasteiger partial charge on any atom is -0.376 e. The number of thioether (sulfide) groups is 1. The van der Waals surface area contributed by atoms with Gasteiger partial charge < -0.3 is 15.0 Å². The van der Waals surface area contributed by atoms with Gasteiger partial charge in [-0.15, -0.1) is 10.2 Å². The molecule has 0 saturated carbocycles. The maximum absolute atomic E-state index is 11.9. The highest BCUT2D eigenvalue weighted by Gasteiger charge is 2.16. The maximum atomic E-state index is 11.9. The van der Waals surface area contributed by atoms with Gasteiger partial charge in [-0.3, -0.25) is 4.79 Å². The molecule has 0 spiro atoms. The smallest absolute Gasteiger partial charge is 0.230 e. The average Bonchev–Trinajstić information content (AvgIpc) is 3.25. The Balaban J connectivity index is 1.39. The van der Waals surface area contributed by atoms with Crippen molar-refractivity contribution >= 4 is 39.7 Å². The van der Waals surface area contributed by atoms with Crippen LogP contribution in [0, 0.1) is 0 Å². The van der Waals surface area contributed by atoms with Gasteiger partial charge in [-0.2, -0.15) is 0 Å². The van der Waals surface area contributed by atoms with Gasteiger partial charge in [-0.25, -0.2) is 4.98 Å². The van der Waals surface area contributed by atoms with E-state index in [2.05, 4.69) is 25.5 Å². The lowest BCUT2D eigenvalue weighted by Gasteiger charge is -2.10. The molecule has 1 fully saturated rings. The highest BCUT2D eigenvalue weighted by molar-refractivity contribution is 7.99. The van der Waals surface area contributed by atoms with Crippen molar-refractivity contribution in [3.63, 3.8) is 0 Å². The molecule has 1 aromatic carbocycles. The van der Waals surface area contributed by atoms with Crippen molar-refractivity contribution in [2.45, 2.75) is 24.1 Å². The molecule has 124 valence electrons. The first-order chi connectivity index (χ1) is 11.8. The second kappa shape index (κ2) is 6.74. The predicted octanol–water partition coefficient (Wildman–Crippen LogP) is 1.89. The van der Waals surface area contributed by atoms with Gasteiger partial charge >= 0.3 is 0 Å². The third kappa shape index (κ3) is 3.20. The van der Waals surface area contributed by atoms with Gasteiger partial charge in [0.2, 0.25) is 11.1 Å². The second-order valence-corrected chi connectivity index (χ2v) is 6.63. The summed E-state index contributed by atoms with van der Waals surface area (Å²) in [6.07, 6.45) is 2.23. The molecule has 1 saturated heterocycles. The van der Waals surface area contributed by atoms with Crippen molar-refractivity contribution in [1.82, 2.24) is 25.5 Å². The van der Waals surface area contributed by atoms with Gasteiger partial charge in [0.1, 0.15) is 5.52 Å². The van der Waals surface area contributed by atoms with Crippen LogP contribution in [-0.4, -0.2) is 51.1 Å². The number of nitrogens with zero attached hydrogens (tertiary/aromatic N) is 3. The normalized spacial score (nSPS) is 17.6. The lowest BCUT2D eigenvalue weighted by molar-refractivity contribution is -0.119. The van der Waals surface area contributed by atoms with E-state index in [1.54, 1.807) is 0 Å². The number of carbonyl (C=O) groups excluding carboxylic acids is 1.